The average Bonchev–Trinajstić information content (AvgIpc) is 3.18. The highest BCUT2D eigenvalue weighted by molar-refractivity contribution is 5.88. The van der Waals surface area contributed by atoms with Crippen LogP contribution in [0.1, 0.15) is 25.0 Å². The summed E-state index contributed by atoms with van der Waals surface area (Å²) in [5.74, 6) is 2.78. The van der Waals surface area contributed by atoms with E-state index in [9.17, 15) is 10.2 Å². The monoisotopic (exact) mass is 432 g/mol. The molecule has 1 heterocycles. The molecule has 0 bridgehead atoms. The van der Waals surface area contributed by atoms with Gasteiger partial charge in [0.25, 0.3) is 0 Å². The molecule has 0 saturated carbocycles. The highest BCUT2D eigenvalue weighted by Gasteiger charge is 2.46. The van der Waals surface area contributed by atoms with Crippen LogP contribution >= 0.6 is 0 Å². The summed E-state index contributed by atoms with van der Waals surface area (Å²) in [6, 6.07) is 3.61. The Morgan fingerprint density at radius 1 is 0.742 bits per heavy atom. The van der Waals surface area contributed by atoms with E-state index in [0.29, 0.717) is 51.2 Å². The Hall–Kier alpha value is -2.84. The number of benzene rings is 2. The predicted molar refractivity (Wildman–Crippen MR) is 113 cm³/mol. The molecule has 2 aromatic carbocycles. The summed E-state index contributed by atoms with van der Waals surface area (Å²) in [4.78, 5) is 0. The third-order valence-electron chi connectivity index (χ3n) is 6.30. The van der Waals surface area contributed by atoms with Gasteiger partial charge in [-0.15, -0.1) is 0 Å². The van der Waals surface area contributed by atoms with E-state index in [-0.39, 0.29) is 19.6 Å². The second kappa shape index (κ2) is 7.39. The lowest BCUT2D eigenvalue weighted by Crippen LogP contribution is -2.53. The lowest BCUT2D eigenvalue weighted by atomic mass is 9.72. The molecule has 0 unspecified atom stereocenters. The van der Waals surface area contributed by atoms with Gasteiger partial charge in [-0.1, -0.05) is 0 Å². The van der Waals surface area contributed by atoms with E-state index >= 15 is 0 Å². The molecule has 31 heavy (non-hydrogen) atoms. The van der Waals surface area contributed by atoms with Crippen molar-refractivity contribution < 1.29 is 38.6 Å². The van der Waals surface area contributed by atoms with Gasteiger partial charge in [0.05, 0.1) is 39.6 Å². The van der Waals surface area contributed by atoms with E-state index in [4.69, 9.17) is 28.4 Å². The van der Waals surface area contributed by atoms with Crippen LogP contribution in [0.25, 0.3) is 11.1 Å². The molecule has 0 amide bonds. The van der Waals surface area contributed by atoms with Crippen LogP contribution in [0.2, 0.25) is 0 Å². The second-order valence-electron chi connectivity index (χ2n) is 8.26. The largest absolute Gasteiger partial charge is 0.493 e. The number of hydrogen-bond donors (Lipinski definition) is 2. The Labute approximate surface area is 181 Å². The van der Waals surface area contributed by atoms with Crippen LogP contribution in [0.5, 0.6) is 34.5 Å². The number of ether oxygens (including phenoxy) is 6. The Morgan fingerprint density at radius 2 is 1.29 bits per heavy atom. The molecule has 4 rings (SSSR count). The Kier molecular flexibility index (Phi) is 5.10. The molecular weight excluding hydrogens is 404 g/mol. The van der Waals surface area contributed by atoms with Crippen molar-refractivity contribution in [3.8, 4) is 45.6 Å². The SMILES string of the molecule is COc1cc2c(c(OC)c1OC)-c1c(cc3c(c1OC)OCO3)C[C@](C)(O)[C@@](C)(O)C2. The fraction of sp³-hybridized carbons (Fsp3) is 0.478. The van der Waals surface area contributed by atoms with Gasteiger partial charge in [-0.2, -0.15) is 0 Å². The van der Waals surface area contributed by atoms with Crippen molar-refractivity contribution in [2.45, 2.75) is 37.9 Å². The molecule has 0 fully saturated rings. The van der Waals surface area contributed by atoms with Crippen molar-refractivity contribution in [2.75, 3.05) is 35.2 Å². The first kappa shape index (κ1) is 21.4. The van der Waals surface area contributed by atoms with Gasteiger partial charge < -0.3 is 38.6 Å². The van der Waals surface area contributed by atoms with Crippen LogP contribution < -0.4 is 28.4 Å². The van der Waals surface area contributed by atoms with E-state index in [1.807, 2.05) is 6.07 Å². The zero-order chi connectivity index (χ0) is 22.6. The first-order valence-electron chi connectivity index (χ1n) is 9.95. The molecule has 2 N–H and O–H groups in total. The van der Waals surface area contributed by atoms with E-state index in [0.717, 1.165) is 5.56 Å². The zero-order valence-corrected chi connectivity index (χ0v) is 18.6. The van der Waals surface area contributed by atoms with Crippen molar-refractivity contribution in [1.29, 1.82) is 0 Å². The summed E-state index contributed by atoms with van der Waals surface area (Å²) in [6.07, 6.45) is 0.294. The lowest BCUT2D eigenvalue weighted by molar-refractivity contribution is -0.129. The lowest BCUT2D eigenvalue weighted by Gasteiger charge is -2.41. The van der Waals surface area contributed by atoms with E-state index in [1.54, 1.807) is 34.1 Å². The molecule has 1 aliphatic carbocycles. The summed E-state index contributed by atoms with van der Waals surface area (Å²) < 4.78 is 34.0. The summed E-state index contributed by atoms with van der Waals surface area (Å²) in [5, 5.41) is 22.6. The molecule has 168 valence electrons. The molecule has 0 aromatic heterocycles. The Bertz CT molecular complexity index is 1030. The van der Waals surface area contributed by atoms with Crippen molar-refractivity contribution in [3.63, 3.8) is 0 Å². The summed E-state index contributed by atoms with van der Waals surface area (Å²) in [5.41, 5.74) is -0.0983. The molecule has 1 aliphatic heterocycles. The van der Waals surface area contributed by atoms with Gasteiger partial charge in [-0.05, 0) is 37.1 Å². The van der Waals surface area contributed by atoms with Crippen molar-refractivity contribution >= 4 is 0 Å². The smallest absolute Gasteiger partial charge is 0.231 e. The highest BCUT2D eigenvalue weighted by Crippen LogP contribution is 2.57. The van der Waals surface area contributed by atoms with Crippen molar-refractivity contribution in [3.05, 3.63) is 23.3 Å². The van der Waals surface area contributed by atoms with Gasteiger partial charge >= 0.3 is 0 Å². The fourth-order valence-electron chi connectivity index (χ4n) is 4.41. The quantitative estimate of drug-likeness (QED) is 0.762. The van der Waals surface area contributed by atoms with Crippen molar-refractivity contribution in [2.24, 2.45) is 0 Å². The van der Waals surface area contributed by atoms with Crippen LogP contribution in [0.15, 0.2) is 12.1 Å². The number of aliphatic hydroxyl groups is 2. The summed E-state index contributed by atoms with van der Waals surface area (Å²) >= 11 is 0. The molecule has 8 nitrogen and oxygen atoms in total. The van der Waals surface area contributed by atoms with E-state index in [1.165, 1.54) is 14.2 Å². The number of hydrogen-bond acceptors (Lipinski definition) is 8. The molecule has 8 heteroatoms. The van der Waals surface area contributed by atoms with Gasteiger partial charge in [-0.3, -0.25) is 0 Å². The predicted octanol–water partition coefficient (Wildman–Crippen LogP) is 2.72. The first-order chi connectivity index (χ1) is 14.7. The number of fused-ring (bicyclic) bond motifs is 4. The molecular formula is C23H28O8. The maximum Gasteiger partial charge on any atom is 0.231 e. The molecule has 0 radical (unpaired) electrons. The van der Waals surface area contributed by atoms with Gasteiger partial charge in [-0.25, -0.2) is 0 Å². The minimum Gasteiger partial charge on any atom is -0.493 e. The van der Waals surface area contributed by atoms with Gasteiger partial charge in [0.2, 0.25) is 18.3 Å². The second-order valence-corrected chi connectivity index (χ2v) is 8.26. The van der Waals surface area contributed by atoms with Crippen molar-refractivity contribution in [1.82, 2.24) is 0 Å². The van der Waals surface area contributed by atoms with Crippen LogP contribution in [0.4, 0.5) is 0 Å². The Balaban J connectivity index is 2.17. The minimum absolute atomic E-state index is 0.0681. The minimum atomic E-state index is -1.45. The summed E-state index contributed by atoms with van der Waals surface area (Å²) in [6.45, 7) is 3.31. The third kappa shape index (κ3) is 3.13. The molecule has 2 aromatic rings. The molecule has 0 saturated heterocycles. The molecule has 2 aliphatic rings. The average molecular weight is 432 g/mol. The normalized spacial score (nSPS) is 23.9. The highest BCUT2D eigenvalue weighted by atomic mass is 16.7. The maximum atomic E-state index is 11.3. The number of rotatable bonds is 4. The van der Waals surface area contributed by atoms with Gasteiger partial charge in [0.15, 0.2) is 23.0 Å². The zero-order valence-electron chi connectivity index (χ0n) is 18.6. The standard InChI is InChI=1S/C23H28O8/c1-22(24)9-12-7-14(26-3)18(27-4)20(28-5)16(12)17-13(10-23(22,2)25)8-15-19(21(17)29-6)31-11-30-15/h7-8,24-25H,9-11H2,1-6H3/t22-,23-/m0/s1. The number of methoxy groups -OCH3 is 4. The topological polar surface area (TPSA) is 95.8 Å². The van der Waals surface area contributed by atoms with Crippen LogP contribution in [-0.4, -0.2) is 56.6 Å². The first-order valence-corrected chi connectivity index (χ1v) is 9.95. The third-order valence-corrected chi connectivity index (χ3v) is 6.30. The Morgan fingerprint density at radius 3 is 1.84 bits per heavy atom. The van der Waals surface area contributed by atoms with E-state index < -0.39 is 11.2 Å². The maximum absolute atomic E-state index is 11.3. The van der Waals surface area contributed by atoms with Gasteiger partial charge in [0, 0.05) is 24.0 Å². The van der Waals surface area contributed by atoms with Gasteiger partial charge in [0.1, 0.15) is 0 Å². The van der Waals surface area contributed by atoms with Crippen LogP contribution in [0.3, 0.4) is 0 Å². The van der Waals surface area contributed by atoms with Crippen LogP contribution in [-0.2, 0) is 12.8 Å². The summed E-state index contributed by atoms with van der Waals surface area (Å²) in [7, 11) is 6.17. The van der Waals surface area contributed by atoms with Crippen LogP contribution in [0, 0.1) is 0 Å². The molecule has 2 atom stereocenters. The molecule has 0 spiro atoms. The fourth-order valence-corrected chi connectivity index (χ4v) is 4.41. The van der Waals surface area contributed by atoms with E-state index in [2.05, 4.69) is 0 Å².